The number of nitrogens with one attached hydrogen (secondary N) is 2. The molecule has 0 atom stereocenters. The molecule has 226 valence electrons. The van der Waals surface area contributed by atoms with Crippen molar-refractivity contribution < 1.29 is 4.52 Å². The summed E-state index contributed by atoms with van der Waals surface area (Å²) in [6.07, 6.45) is 5.57. The lowest BCUT2D eigenvalue weighted by atomic mass is 9.90. The Morgan fingerprint density at radius 1 is 0.667 bits per heavy atom. The minimum Gasteiger partial charge on any atom is -0.339 e. The van der Waals surface area contributed by atoms with Crippen LogP contribution in [0.3, 0.4) is 0 Å². The second-order valence-corrected chi connectivity index (χ2v) is 15.3. The van der Waals surface area contributed by atoms with Crippen LogP contribution in [0.1, 0.15) is 148 Å². The second kappa shape index (κ2) is 16.6. The van der Waals surface area contributed by atoms with Gasteiger partial charge in [-0.05, 0) is 28.9 Å². The molecule has 0 aliphatic heterocycles. The SMILES string of the molecule is CC(C)(C)c1ccn[nH]1.CC(C)(C)c1cn[nH]c1.CC(C)(C)c1noc(C(C)(C)C)n1.CC(C)C.CC(C)C. The van der Waals surface area contributed by atoms with Gasteiger partial charge in [0.05, 0.1) is 6.20 Å². The van der Waals surface area contributed by atoms with Gasteiger partial charge in [-0.25, -0.2) is 0 Å². The van der Waals surface area contributed by atoms with Crippen LogP contribution in [-0.4, -0.2) is 30.5 Å². The normalized spacial score (nSPS) is 11.8. The molecule has 0 saturated carbocycles. The molecule has 0 spiro atoms. The quantitative estimate of drug-likeness (QED) is 0.293. The van der Waals surface area contributed by atoms with Crippen LogP contribution < -0.4 is 0 Å². The lowest BCUT2D eigenvalue weighted by Gasteiger charge is -2.14. The van der Waals surface area contributed by atoms with Gasteiger partial charge in [-0.1, -0.05) is 130 Å². The number of aromatic nitrogens is 6. The van der Waals surface area contributed by atoms with Gasteiger partial charge in [0.15, 0.2) is 5.82 Å². The van der Waals surface area contributed by atoms with Crippen molar-refractivity contribution in [2.45, 2.75) is 146 Å². The van der Waals surface area contributed by atoms with E-state index < -0.39 is 0 Å². The third kappa shape index (κ3) is 20.2. The predicted octanol–water partition coefficient (Wildman–Crippen LogP) is 9.40. The van der Waals surface area contributed by atoms with Gasteiger partial charge in [-0.3, -0.25) is 10.2 Å². The van der Waals surface area contributed by atoms with E-state index in [-0.39, 0.29) is 21.7 Å². The molecular formula is C32H62N6O. The monoisotopic (exact) mass is 546 g/mol. The zero-order valence-electron chi connectivity index (χ0n) is 28.7. The molecule has 3 aromatic rings. The number of hydrogen-bond donors (Lipinski definition) is 2. The summed E-state index contributed by atoms with van der Waals surface area (Å²) < 4.78 is 5.19. The Bertz CT molecular complexity index is 872. The van der Waals surface area contributed by atoms with E-state index >= 15 is 0 Å². The minimum atomic E-state index is -0.0590. The molecule has 2 N–H and O–H groups in total. The maximum atomic E-state index is 5.19. The van der Waals surface area contributed by atoms with Crippen LogP contribution in [0.2, 0.25) is 0 Å². The molecule has 0 unspecified atom stereocenters. The standard InChI is InChI=1S/C10H18N2O.2C7H12N2.2C4H10/c1-9(2,3)7-11-8(13-12-7)10(4,5)6;1-7(2,3)6-4-8-9-5-6;1-7(2,3)6-4-5-8-9-6;2*1-4(2)3/h1-6H3;2*4-5H,1-3H3,(H,8,9);2*4H,1-3H3. The molecule has 0 aliphatic rings. The Kier molecular flexibility index (Phi) is 16.5. The third-order valence-electron chi connectivity index (χ3n) is 4.41. The molecule has 0 radical (unpaired) electrons. The molecule has 0 saturated heterocycles. The zero-order valence-corrected chi connectivity index (χ0v) is 28.7. The second-order valence-electron chi connectivity index (χ2n) is 15.3. The number of nitrogens with zero attached hydrogens (tertiary/aromatic N) is 4. The van der Waals surface area contributed by atoms with E-state index in [4.69, 9.17) is 4.52 Å². The molecule has 3 aromatic heterocycles. The summed E-state index contributed by atoms with van der Waals surface area (Å²) >= 11 is 0. The molecule has 0 aliphatic carbocycles. The molecule has 0 amide bonds. The average molecular weight is 547 g/mol. The minimum absolute atomic E-state index is 0.0347. The number of aromatic amines is 2. The summed E-state index contributed by atoms with van der Waals surface area (Å²) in [5.74, 6) is 3.15. The van der Waals surface area contributed by atoms with Gasteiger partial charge >= 0.3 is 0 Å². The Labute approximate surface area is 240 Å². The highest BCUT2D eigenvalue weighted by Crippen LogP contribution is 2.24. The first-order valence-corrected chi connectivity index (χ1v) is 14.2. The maximum absolute atomic E-state index is 5.19. The summed E-state index contributed by atoms with van der Waals surface area (Å²) in [6, 6.07) is 2.00. The summed E-state index contributed by atoms with van der Waals surface area (Å²) in [6.45, 7) is 38.4. The molecule has 3 rings (SSSR count). The van der Waals surface area contributed by atoms with Crippen molar-refractivity contribution in [1.29, 1.82) is 0 Å². The number of H-pyrrole nitrogens is 2. The van der Waals surface area contributed by atoms with Gasteiger partial charge < -0.3 is 4.52 Å². The van der Waals surface area contributed by atoms with Gasteiger partial charge in [-0.2, -0.15) is 15.2 Å². The zero-order chi connectivity index (χ0) is 31.2. The van der Waals surface area contributed by atoms with Gasteiger partial charge in [-0.15, -0.1) is 0 Å². The Morgan fingerprint density at radius 3 is 1.33 bits per heavy atom. The Hall–Kier alpha value is -2.44. The first kappa shape index (κ1) is 38.7. The highest BCUT2D eigenvalue weighted by molar-refractivity contribution is 5.13. The van der Waals surface area contributed by atoms with Crippen molar-refractivity contribution in [2.24, 2.45) is 11.8 Å². The first-order valence-electron chi connectivity index (χ1n) is 14.2. The molecule has 3 heterocycles. The lowest BCUT2D eigenvalue weighted by molar-refractivity contribution is 0.314. The molecular weight excluding hydrogens is 484 g/mol. The fourth-order valence-electron chi connectivity index (χ4n) is 2.17. The molecule has 0 aromatic carbocycles. The van der Waals surface area contributed by atoms with Crippen molar-refractivity contribution in [2.75, 3.05) is 0 Å². The molecule has 0 bridgehead atoms. The van der Waals surface area contributed by atoms with Crippen LogP contribution in [0, 0.1) is 11.8 Å². The highest BCUT2D eigenvalue weighted by atomic mass is 16.5. The van der Waals surface area contributed by atoms with Gasteiger partial charge in [0.1, 0.15) is 0 Å². The largest absolute Gasteiger partial charge is 0.339 e. The van der Waals surface area contributed by atoms with Gasteiger partial charge in [0, 0.05) is 34.3 Å². The third-order valence-corrected chi connectivity index (χ3v) is 4.41. The van der Waals surface area contributed by atoms with E-state index in [0.717, 1.165) is 17.7 Å². The van der Waals surface area contributed by atoms with Crippen molar-refractivity contribution >= 4 is 0 Å². The van der Waals surface area contributed by atoms with E-state index in [0.29, 0.717) is 5.89 Å². The first-order chi connectivity index (χ1) is 17.4. The maximum Gasteiger partial charge on any atom is 0.232 e. The number of rotatable bonds is 0. The van der Waals surface area contributed by atoms with E-state index in [1.165, 1.54) is 11.3 Å². The average Bonchev–Trinajstić information content (AvgIpc) is 3.49. The number of hydrogen-bond acceptors (Lipinski definition) is 5. The van der Waals surface area contributed by atoms with Crippen LogP contribution in [0.5, 0.6) is 0 Å². The van der Waals surface area contributed by atoms with Crippen molar-refractivity contribution in [1.82, 2.24) is 30.5 Å². The van der Waals surface area contributed by atoms with E-state index in [9.17, 15) is 0 Å². The van der Waals surface area contributed by atoms with Crippen molar-refractivity contribution in [3.63, 3.8) is 0 Å². The fourth-order valence-corrected chi connectivity index (χ4v) is 2.17. The molecule has 0 fully saturated rings. The fraction of sp³-hybridized carbons (Fsp3) is 0.750. The van der Waals surface area contributed by atoms with Crippen LogP contribution >= 0.6 is 0 Å². The van der Waals surface area contributed by atoms with Crippen molar-refractivity contribution in [3.8, 4) is 0 Å². The molecule has 39 heavy (non-hydrogen) atoms. The Morgan fingerprint density at radius 2 is 1.15 bits per heavy atom. The van der Waals surface area contributed by atoms with Crippen LogP contribution in [0.25, 0.3) is 0 Å². The topological polar surface area (TPSA) is 96.3 Å². The molecule has 7 nitrogen and oxygen atoms in total. The van der Waals surface area contributed by atoms with E-state index in [1.807, 2.05) is 18.5 Å². The summed E-state index contributed by atoms with van der Waals surface area (Å²) in [5.41, 5.74) is 2.78. The van der Waals surface area contributed by atoms with Crippen LogP contribution in [0.15, 0.2) is 29.2 Å². The van der Waals surface area contributed by atoms with E-state index in [2.05, 4.69) is 155 Å². The Balaban J connectivity index is 0. The van der Waals surface area contributed by atoms with Crippen molar-refractivity contribution in [3.05, 3.63) is 47.6 Å². The lowest BCUT2D eigenvalue weighted by Crippen LogP contribution is -2.15. The molecule has 7 heteroatoms. The highest BCUT2D eigenvalue weighted by Gasteiger charge is 2.26. The van der Waals surface area contributed by atoms with E-state index in [1.54, 1.807) is 6.20 Å². The van der Waals surface area contributed by atoms with Crippen LogP contribution in [0.4, 0.5) is 0 Å². The summed E-state index contributed by atoms with van der Waals surface area (Å²) in [7, 11) is 0. The van der Waals surface area contributed by atoms with Gasteiger partial charge in [0.25, 0.3) is 0 Å². The van der Waals surface area contributed by atoms with Gasteiger partial charge in [0.2, 0.25) is 5.89 Å². The smallest absolute Gasteiger partial charge is 0.232 e. The summed E-state index contributed by atoms with van der Waals surface area (Å²) in [5, 5.41) is 17.4. The summed E-state index contributed by atoms with van der Waals surface area (Å²) in [4.78, 5) is 4.38. The van der Waals surface area contributed by atoms with Crippen LogP contribution in [-0.2, 0) is 21.7 Å². The predicted molar refractivity (Wildman–Crippen MR) is 167 cm³/mol.